The number of nitrogens with zero attached hydrogens (tertiary/aromatic N) is 3. The lowest BCUT2D eigenvalue weighted by Gasteiger charge is -2.24. The maximum atomic E-state index is 12.8. The maximum Gasteiger partial charge on any atom is 0.227 e. The third-order valence-corrected chi connectivity index (χ3v) is 4.52. The maximum absolute atomic E-state index is 12.8. The first kappa shape index (κ1) is 19.6. The van der Waals surface area contributed by atoms with Crippen LogP contribution in [-0.2, 0) is 11.2 Å². The van der Waals surface area contributed by atoms with Gasteiger partial charge in [-0.25, -0.2) is 0 Å². The van der Waals surface area contributed by atoms with E-state index in [1.54, 1.807) is 7.11 Å². The molecule has 1 amide bonds. The molecule has 6 heteroatoms. The van der Waals surface area contributed by atoms with Gasteiger partial charge in [-0.1, -0.05) is 30.3 Å². The molecule has 0 bridgehead atoms. The molecule has 6 nitrogen and oxygen atoms in total. The number of para-hydroxylation sites is 1. The fourth-order valence-corrected chi connectivity index (χ4v) is 3.03. The van der Waals surface area contributed by atoms with Crippen LogP contribution >= 0.6 is 0 Å². The predicted octanol–water partition coefficient (Wildman–Crippen LogP) is 4.43. The summed E-state index contributed by atoms with van der Waals surface area (Å²) in [6, 6.07) is 15.4. The lowest BCUT2D eigenvalue weighted by Crippen LogP contribution is -2.32. The second kappa shape index (κ2) is 9.17. The molecule has 0 fully saturated rings. The van der Waals surface area contributed by atoms with Crippen LogP contribution in [0.5, 0.6) is 5.75 Å². The van der Waals surface area contributed by atoms with E-state index in [0.29, 0.717) is 31.1 Å². The number of benzene rings is 2. The third kappa shape index (κ3) is 4.57. The molecule has 0 aliphatic carbocycles. The molecule has 0 spiro atoms. The lowest BCUT2D eigenvalue weighted by atomic mass is 10.1. The zero-order chi connectivity index (χ0) is 19.9. The molecule has 28 heavy (non-hydrogen) atoms. The summed E-state index contributed by atoms with van der Waals surface area (Å²) in [6.07, 6.45) is 1.62. The van der Waals surface area contributed by atoms with Crippen LogP contribution in [0.1, 0.15) is 31.2 Å². The van der Waals surface area contributed by atoms with Gasteiger partial charge in [0.2, 0.25) is 17.6 Å². The van der Waals surface area contributed by atoms with Crippen LogP contribution in [0.15, 0.2) is 53.1 Å². The van der Waals surface area contributed by atoms with Gasteiger partial charge in [-0.05, 0) is 49.2 Å². The number of carbonyl (C=O) groups excluding carboxylic acids is 1. The van der Waals surface area contributed by atoms with E-state index in [1.165, 1.54) is 0 Å². The van der Waals surface area contributed by atoms with Crippen molar-refractivity contribution in [3.05, 3.63) is 60.0 Å². The van der Waals surface area contributed by atoms with E-state index in [9.17, 15) is 4.79 Å². The van der Waals surface area contributed by atoms with Gasteiger partial charge in [0, 0.05) is 30.6 Å². The molecule has 2 aromatic carbocycles. The highest BCUT2D eigenvalue weighted by atomic mass is 16.5. The quantitative estimate of drug-likeness (QED) is 0.579. The highest BCUT2D eigenvalue weighted by molar-refractivity contribution is 5.94. The number of hydrogen-bond acceptors (Lipinski definition) is 5. The van der Waals surface area contributed by atoms with Gasteiger partial charge in [0.15, 0.2) is 0 Å². The SMILES string of the molecule is CCCN(C(=O)CCc1nc(-c2ccc(OC)cc2)no1)c1ccccc1C. The fourth-order valence-electron chi connectivity index (χ4n) is 3.03. The molecular weight excluding hydrogens is 354 g/mol. The number of amides is 1. The Morgan fingerprint density at radius 2 is 1.89 bits per heavy atom. The molecule has 0 N–H and O–H groups in total. The van der Waals surface area contributed by atoms with Crippen LogP contribution in [0.3, 0.4) is 0 Å². The number of hydrogen-bond donors (Lipinski definition) is 0. The topological polar surface area (TPSA) is 68.5 Å². The number of anilines is 1. The largest absolute Gasteiger partial charge is 0.497 e. The third-order valence-electron chi connectivity index (χ3n) is 4.52. The van der Waals surface area contributed by atoms with E-state index in [4.69, 9.17) is 9.26 Å². The van der Waals surface area contributed by atoms with E-state index in [-0.39, 0.29) is 5.91 Å². The zero-order valence-electron chi connectivity index (χ0n) is 16.5. The number of rotatable bonds is 8. The summed E-state index contributed by atoms with van der Waals surface area (Å²) >= 11 is 0. The number of carbonyl (C=O) groups is 1. The zero-order valence-corrected chi connectivity index (χ0v) is 16.5. The number of aromatic nitrogens is 2. The molecule has 0 aliphatic rings. The van der Waals surface area contributed by atoms with Crippen LogP contribution in [0, 0.1) is 6.92 Å². The lowest BCUT2D eigenvalue weighted by molar-refractivity contribution is -0.118. The van der Waals surface area contributed by atoms with Gasteiger partial charge in [-0.2, -0.15) is 4.98 Å². The van der Waals surface area contributed by atoms with Crippen molar-refractivity contribution in [2.45, 2.75) is 33.1 Å². The molecule has 0 radical (unpaired) electrons. The van der Waals surface area contributed by atoms with E-state index >= 15 is 0 Å². The van der Waals surface area contributed by atoms with Crippen LogP contribution in [0.25, 0.3) is 11.4 Å². The minimum absolute atomic E-state index is 0.0559. The molecule has 0 atom stereocenters. The fraction of sp³-hybridized carbons (Fsp3) is 0.318. The van der Waals surface area contributed by atoms with Crippen LogP contribution in [-0.4, -0.2) is 29.7 Å². The normalized spacial score (nSPS) is 10.7. The summed E-state index contributed by atoms with van der Waals surface area (Å²) in [5, 5.41) is 4.02. The Morgan fingerprint density at radius 1 is 1.14 bits per heavy atom. The van der Waals surface area contributed by atoms with Gasteiger partial charge in [0.05, 0.1) is 7.11 Å². The summed E-state index contributed by atoms with van der Waals surface area (Å²) < 4.78 is 10.5. The van der Waals surface area contributed by atoms with E-state index < -0.39 is 0 Å². The van der Waals surface area contributed by atoms with Gasteiger partial charge in [0.1, 0.15) is 5.75 Å². The van der Waals surface area contributed by atoms with Crippen molar-refractivity contribution in [1.29, 1.82) is 0 Å². The first-order valence-corrected chi connectivity index (χ1v) is 9.45. The smallest absolute Gasteiger partial charge is 0.227 e. The summed E-state index contributed by atoms with van der Waals surface area (Å²) in [6.45, 7) is 4.77. The van der Waals surface area contributed by atoms with Gasteiger partial charge in [-0.15, -0.1) is 0 Å². The molecule has 0 unspecified atom stereocenters. The van der Waals surface area contributed by atoms with Crippen molar-refractivity contribution in [3.63, 3.8) is 0 Å². The van der Waals surface area contributed by atoms with E-state index in [1.807, 2.05) is 60.4 Å². The van der Waals surface area contributed by atoms with E-state index in [2.05, 4.69) is 17.1 Å². The van der Waals surface area contributed by atoms with Crippen LogP contribution in [0.4, 0.5) is 5.69 Å². The molecule has 3 aromatic rings. The average Bonchev–Trinajstić information content (AvgIpc) is 3.20. The van der Waals surface area contributed by atoms with Crippen molar-refractivity contribution in [1.82, 2.24) is 10.1 Å². The number of aryl methyl sites for hydroxylation is 2. The first-order chi connectivity index (χ1) is 13.6. The Kier molecular flexibility index (Phi) is 6.42. The predicted molar refractivity (Wildman–Crippen MR) is 108 cm³/mol. The standard InChI is InChI=1S/C22H25N3O3/c1-4-15-25(19-8-6-5-7-16(19)2)21(26)14-13-20-23-22(24-28-20)17-9-11-18(27-3)12-10-17/h5-12H,4,13-15H2,1-3H3. The Hall–Kier alpha value is -3.15. The molecule has 146 valence electrons. The summed E-state index contributed by atoms with van der Waals surface area (Å²) in [5.41, 5.74) is 2.89. The van der Waals surface area contributed by atoms with E-state index in [0.717, 1.165) is 29.0 Å². The highest BCUT2D eigenvalue weighted by Crippen LogP contribution is 2.22. The second-order valence-electron chi connectivity index (χ2n) is 6.57. The van der Waals surface area contributed by atoms with Gasteiger partial charge >= 0.3 is 0 Å². The van der Waals surface area contributed by atoms with Gasteiger partial charge in [0.25, 0.3) is 0 Å². The molecular formula is C22H25N3O3. The van der Waals surface area contributed by atoms with Gasteiger partial charge in [-0.3, -0.25) is 4.79 Å². The first-order valence-electron chi connectivity index (χ1n) is 9.45. The van der Waals surface area contributed by atoms with Crippen molar-refractivity contribution < 1.29 is 14.1 Å². The molecule has 3 rings (SSSR count). The highest BCUT2D eigenvalue weighted by Gasteiger charge is 2.18. The molecule has 1 heterocycles. The summed E-state index contributed by atoms with van der Waals surface area (Å²) in [4.78, 5) is 19.1. The number of methoxy groups -OCH3 is 1. The monoisotopic (exact) mass is 379 g/mol. The second-order valence-corrected chi connectivity index (χ2v) is 6.57. The Morgan fingerprint density at radius 3 is 2.57 bits per heavy atom. The van der Waals surface area contributed by atoms with Crippen LogP contribution in [0.2, 0.25) is 0 Å². The minimum Gasteiger partial charge on any atom is -0.497 e. The average molecular weight is 379 g/mol. The minimum atomic E-state index is 0.0559. The Balaban J connectivity index is 1.66. The molecule has 0 aliphatic heterocycles. The van der Waals surface area contributed by atoms with Crippen molar-refractivity contribution in [2.75, 3.05) is 18.6 Å². The molecule has 0 saturated heterocycles. The van der Waals surface area contributed by atoms with Crippen molar-refractivity contribution in [3.8, 4) is 17.1 Å². The summed E-state index contributed by atoms with van der Waals surface area (Å²) in [7, 11) is 1.62. The Labute approximate surface area is 165 Å². The van der Waals surface area contributed by atoms with Crippen LogP contribution < -0.4 is 9.64 Å². The summed E-state index contributed by atoms with van der Waals surface area (Å²) in [5.74, 6) is 1.79. The van der Waals surface area contributed by atoms with Gasteiger partial charge < -0.3 is 14.2 Å². The van der Waals surface area contributed by atoms with Crippen molar-refractivity contribution >= 4 is 11.6 Å². The molecule has 1 aromatic heterocycles. The number of ether oxygens (including phenoxy) is 1. The van der Waals surface area contributed by atoms with Crippen molar-refractivity contribution in [2.24, 2.45) is 0 Å². The Bertz CT molecular complexity index is 919. The molecule has 0 saturated carbocycles.